The number of nitrogens with one attached hydrogen (secondary N) is 1. The van der Waals surface area contributed by atoms with Crippen LogP contribution in [0.5, 0.6) is 5.75 Å². The molecule has 1 rings (SSSR count). The number of Topliss-reactive ketones (excluding diaryl/α,β-unsaturated/α-hetero) is 1. The van der Waals surface area contributed by atoms with Crippen LogP contribution in [0.25, 0.3) is 0 Å². The van der Waals surface area contributed by atoms with Crippen LogP contribution in [-0.2, 0) is 4.79 Å². The minimum absolute atomic E-state index is 0.0982. The van der Waals surface area contributed by atoms with Crippen LogP contribution in [-0.4, -0.2) is 23.3 Å². The van der Waals surface area contributed by atoms with Crippen molar-refractivity contribution in [3.05, 3.63) is 28.2 Å². The Kier molecular flexibility index (Phi) is 5.96. The Balaban J connectivity index is 2.88. The number of carbonyl (C=O) groups excluding carboxylic acids is 2. The molecule has 0 fully saturated rings. The van der Waals surface area contributed by atoms with Crippen molar-refractivity contribution in [2.24, 2.45) is 0 Å². The molecule has 21 heavy (non-hydrogen) atoms. The minimum Gasteiger partial charge on any atom is -0.480 e. The van der Waals surface area contributed by atoms with Crippen LogP contribution in [0.3, 0.4) is 0 Å². The predicted octanol–water partition coefficient (Wildman–Crippen LogP) is 3.72. The maximum atomic E-state index is 12.2. The number of carbonyl (C=O) groups is 2. The van der Waals surface area contributed by atoms with Gasteiger partial charge >= 0.3 is 0 Å². The quantitative estimate of drug-likeness (QED) is 0.791. The van der Waals surface area contributed by atoms with E-state index in [0.29, 0.717) is 11.3 Å². The fourth-order valence-corrected chi connectivity index (χ4v) is 1.99. The lowest BCUT2D eigenvalue weighted by Gasteiger charge is -2.27. The average Bonchev–Trinajstić information content (AvgIpc) is 2.37. The van der Waals surface area contributed by atoms with Crippen molar-refractivity contribution in [1.29, 1.82) is 0 Å². The molecule has 1 aromatic carbocycles. The number of hydrogen-bond donors (Lipinski definition) is 1. The van der Waals surface area contributed by atoms with Crippen LogP contribution in [0, 0.1) is 0 Å². The Labute approximate surface area is 134 Å². The van der Waals surface area contributed by atoms with Crippen LogP contribution in [0.2, 0.25) is 0 Å². The van der Waals surface area contributed by atoms with Gasteiger partial charge in [-0.25, -0.2) is 0 Å². The van der Waals surface area contributed by atoms with Crippen LogP contribution < -0.4 is 10.1 Å². The van der Waals surface area contributed by atoms with Gasteiger partial charge in [0.1, 0.15) is 5.75 Å². The van der Waals surface area contributed by atoms with E-state index in [2.05, 4.69) is 21.2 Å². The van der Waals surface area contributed by atoms with Crippen molar-refractivity contribution in [2.45, 2.75) is 52.7 Å². The largest absolute Gasteiger partial charge is 0.480 e. The zero-order valence-electron chi connectivity index (χ0n) is 13.1. The molecule has 0 radical (unpaired) electrons. The molecule has 5 heteroatoms. The van der Waals surface area contributed by atoms with Crippen molar-refractivity contribution < 1.29 is 14.3 Å². The second kappa shape index (κ2) is 7.07. The van der Waals surface area contributed by atoms with Gasteiger partial charge in [0, 0.05) is 10.0 Å². The van der Waals surface area contributed by atoms with Crippen molar-refractivity contribution in [2.75, 3.05) is 0 Å². The number of halogens is 1. The van der Waals surface area contributed by atoms with E-state index in [1.54, 1.807) is 25.1 Å². The first-order valence-electron chi connectivity index (χ1n) is 6.95. The SMILES string of the molecule is CCC(C)(C)NC(=O)C(C)Oc1cc(Br)ccc1C(C)=O. The Morgan fingerprint density at radius 3 is 2.52 bits per heavy atom. The summed E-state index contributed by atoms with van der Waals surface area (Å²) in [5.41, 5.74) is 0.183. The van der Waals surface area contributed by atoms with Gasteiger partial charge in [0.15, 0.2) is 11.9 Å². The monoisotopic (exact) mass is 355 g/mol. The summed E-state index contributed by atoms with van der Waals surface area (Å²) in [5.74, 6) is 0.115. The smallest absolute Gasteiger partial charge is 0.261 e. The van der Waals surface area contributed by atoms with Gasteiger partial charge in [-0.3, -0.25) is 9.59 Å². The summed E-state index contributed by atoms with van der Waals surface area (Å²) in [6.07, 6.45) is 0.143. The molecule has 0 aliphatic heterocycles. The lowest BCUT2D eigenvalue weighted by molar-refractivity contribution is -0.129. The molecule has 0 aliphatic carbocycles. The first-order valence-corrected chi connectivity index (χ1v) is 7.74. The van der Waals surface area contributed by atoms with Crippen molar-refractivity contribution >= 4 is 27.6 Å². The summed E-state index contributed by atoms with van der Waals surface area (Å²) in [6, 6.07) is 5.16. The number of ether oxygens (including phenoxy) is 1. The molecule has 1 amide bonds. The van der Waals surface area contributed by atoms with Crippen LogP contribution in [0.4, 0.5) is 0 Å². The van der Waals surface area contributed by atoms with Crippen LogP contribution in [0.15, 0.2) is 22.7 Å². The van der Waals surface area contributed by atoms with E-state index < -0.39 is 6.10 Å². The third-order valence-corrected chi connectivity index (χ3v) is 3.83. The number of hydrogen-bond acceptors (Lipinski definition) is 3. The molecule has 1 aromatic rings. The van der Waals surface area contributed by atoms with E-state index in [4.69, 9.17) is 4.74 Å². The van der Waals surface area contributed by atoms with Crippen molar-refractivity contribution in [1.82, 2.24) is 5.32 Å². The zero-order valence-corrected chi connectivity index (χ0v) is 14.7. The minimum atomic E-state index is -0.678. The predicted molar refractivity (Wildman–Crippen MR) is 86.7 cm³/mol. The second-order valence-electron chi connectivity index (χ2n) is 5.68. The Bertz CT molecular complexity index is 540. The molecular formula is C16H22BrNO3. The van der Waals surface area contributed by atoms with Crippen LogP contribution >= 0.6 is 15.9 Å². The first kappa shape index (κ1) is 17.7. The molecule has 0 heterocycles. The van der Waals surface area contributed by atoms with Gasteiger partial charge in [-0.15, -0.1) is 0 Å². The molecule has 0 aliphatic rings. The van der Waals surface area contributed by atoms with Crippen molar-refractivity contribution in [3.8, 4) is 5.75 Å². The highest BCUT2D eigenvalue weighted by molar-refractivity contribution is 9.10. The van der Waals surface area contributed by atoms with E-state index >= 15 is 0 Å². The summed E-state index contributed by atoms with van der Waals surface area (Å²) in [7, 11) is 0. The van der Waals surface area contributed by atoms with Gasteiger partial charge in [-0.2, -0.15) is 0 Å². The normalized spacial score (nSPS) is 12.7. The summed E-state index contributed by atoms with van der Waals surface area (Å²) in [6.45, 7) is 9.07. The van der Waals surface area contributed by atoms with E-state index in [1.165, 1.54) is 6.92 Å². The van der Waals surface area contributed by atoms with Gasteiger partial charge in [-0.05, 0) is 52.3 Å². The number of rotatable bonds is 6. The third kappa shape index (κ3) is 5.16. The number of amides is 1. The summed E-state index contributed by atoms with van der Waals surface area (Å²) in [5, 5.41) is 2.93. The Hall–Kier alpha value is -1.36. The highest BCUT2D eigenvalue weighted by atomic mass is 79.9. The third-order valence-electron chi connectivity index (χ3n) is 3.34. The summed E-state index contributed by atoms with van der Waals surface area (Å²) < 4.78 is 6.47. The number of ketones is 1. The first-order chi connectivity index (χ1) is 9.66. The van der Waals surface area contributed by atoms with Gasteiger partial charge < -0.3 is 10.1 Å². The van der Waals surface area contributed by atoms with E-state index in [9.17, 15) is 9.59 Å². The molecule has 0 saturated heterocycles. The molecule has 116 valence electrons. The molecule has 1 atom stereocenters. The average molecular weight is 356 g/mol. The molecule has 0 spiro atoms. The van der Waals surface area contributed by atoms with E-state index in [1.807, 2.05) is 20.8 Å². The highest BCUT2D eigenvalue weighted by Gasteiger charge is 2.24. The molecule has 0 aromatic heterocycles. The molecule has 0 saturated carbocycles. The summed E-state index contributed by atoms with van der Waals surface area (Å²) in [4.78, 5) is 23.8. The molecule has 1 unspecified atom stereocenters. The maximum absolute atomic E-state index is 12.2. The fourth-order valence-electron chi connectivity index (χ4n) is 1.65. The molecule has 4 nitrogen and oxygen atoms in total. The Morgan fingerprint density at radius 2 is 2.00 bits per heavy atom. The molecular weight excluding hydrogens is 334 g/mol. The zero-order chi connectivity index (χ0) is 16.2. The van der Waals surface area contributed by atoms with Gasteiger partial charge in [0.05, 0.1) is 5.56 Å². The van der Waals surface area contributed by atoms with Gasteiger partial charge in [0.2, 0.25) is 0 Å². The van der Waals surface area contributed by atoms with Gasteiger partial charge in [-0.1, -0.05) is 22.9 Å². The highest BCUT2D eigenvalue weighted by Crippen LogP contribution is 2.25. The number of benzene rings is 1. The van der Waals surface area contributed by atoms with E-state index in [0.717, 1.165) is 10.9 Å². The standard InChI is InChI=1S/C16H22BrNO3/c1-6-16(4,5)18-15(20)11(3)21-14-9-12(17)7-8-13(14)10(2)19/h7-9,11H,6H2,1-5H3,(H,18,20). The van der Waals surface area contributed by atoms with Crippen molar-refractivity contribution in [3.63, 3.8) is 0 Å². The lowest BCUT2D eigenvalue weighted by Crippen LogP contribution is -2.48. The second-order valence-corrected chi connectivity index (χ2v) is 6.60. The fraction of sp³-hybridized carbons (Fsp3) is 0.500. The Morgan fingerprint density at radius 1 is 1.38 bits per heavy atom. The van der Waals surface area contributed by atoms with Crippen LogP contribution in [0.1, 0.15) is 51.4 Å². The summed E-state index contributed by atoms with van der Waals surface area (Å²) >= 11 is 3.34. The topological polar surface area (TPSA) is 55.4 Å². The molecule has 1 N–H and O–H groups in total. The molecule has 0 bridgehead atoms. The van der Waals surface area contributed by atoms with E-state index in [-0.39, 0.29) is 17.2 Å². The van der Waals surface area contributed by atoms with Gasteiger partial charge in [0.25, 0.3) is 5.91 Å². The maximum Gasteiger partial charge on any atom is 0.261 e. The lowest BCUT2D eigenvalue weighted by atomic mass is 10.0.